The summed E-state index contributed by atoms with van der Waals surface area (Å²) in [6, 6.07) is 7.20. The molecular formula is C12H18N2O2S. The van der Waals surface area contributed by atoms with Gasteiger partial charge in [-0.2, -0.15) is 0 Å². The summed E-state index contributed by atoms with van der Waals surface area (Å²) in [5, 5.41) is 2.80. The lowest BCUT2D eigenvalue weighted by atomic mass is 10.1. The third-order valence-corrected chi connectivity index (χ3v) is 3.27. The molecule has 1 amide bonds. The molecule has 0 spiro atoms. The molecule has 4 nitrogen and oxygen atoms in total. The number of benzene rings is 1. The summed E-state index contributed by atoms with van der Waals surface area (Å²) in [5.41, 5.74) is 7.19. The summed E-state index contributed by atoms with van der Waals surface area (Å²) < 4.78 is 11.0. The topological polar surface area (TPSA) is 72.2 Å². The number of carbonyl (C=O) groups is 1. The van der Waals surface area contributed by atoms with Crippen LogP contribution in [0.3, 0.4) is 0 Å². The smallest absolute Gasteiger partial charge is 0.224 e. The van der Waals surface area contributed by atoms with E-state index < -0.39 is 10.8 Å². The first-order chi connectivity index (χ1) is 7.99. The maximum absolute atomic E-state index is 11.7. The van der Waals surface area contributed by atoms with Crippen LogP contribution in [0.4, 0.5) is 5.69 Å². The Balaban J connectivity index is 2.50. The molecule has 0 fully saturated rings. The third-order valence-electron chi connectivity index (χ3n) is 2.30. The summed E-state index contributed by atoms with van der Waals surface area (Å²) >= 11 is 0. The van der Waals surface area contributed by atoms with Crippen molar-refractivity contribution in [2.45, 2.75) is 19.4 Å². The summed E-state index contributed by atoms with van der Waals surface area (Å²) in [6.07, 6.45) is 1.88. The van der Waals surface area contributed by atoms with Crippen LogP contribution in [0.25, 0.3) is 0 Å². The van der Waals surface area contributed by atoms with Crippen molar-refractivity contribution in [3.63, 3.8) is 0 Å². The lowest BCUT2D eigenvalue weighted by molar-refractivity contribution is -0.120. The lowest BCUT2D eigenvalue weighted by Crippen LogP contribution is -2.37. The zero-order valence-electron chi connectivity index (χ0n) is 10.1. The van der Waals surface area contributed by atoms with E-state index in [1.807, 2.05) is 25.1 Å². The molecule has 0 saturated heterocycles. The first-order valence-electron chi connectivity index (χ1n) is 5.42. The van der Waals surface area contributed by atoms with E-state index in [2.05, 4.69) is 5.32 Å². The number of nitrogens with one attached hydrogen (secondary N) is 1. The number of carbonyl (C=O) groups excluding carboxylic acids is 1. The number of hydrogen-bond donors (Lipinski definition) is 2. The number of nitrogens with two attached hydrogens (primary N) is 1. The summed E-state index contributed by atoms with van der Waals surface area (Å²) in [5.74, 6) is 0.372. The highest BCUT2D eigenvalue weighted by Gasteiger charge is 2.10. The van der Waals surface area contributed by atoms with Crippen molar-refractivity contribution in [3.8, 4) is 0 Å². The Morgan fingerprint density at radius 1 is 1.47 bits per heavy atom. The molecule has 2 atom stereocenters. The highest BCUT2D eigenvalue weighted by atomic mass is 32.2. The number of para-hydroxylation sites is 1. The number of hydrogen-bond acceptors (Lipinski definition) is 3. The largest absolute Gasteiger partial charge is 0.398 e. The van der Waals surface area contributed by atoms with Gasteiger partial charge in [-0.25, -0.2) is 0 Å². The molecule has 0 heterocycles. The molecular weight excluding hydrogens is 236 g/mol. The van der Waals surface area contributed by atoms with E-state index >= 15 is 0 Å². The van der Waals surface area contributed by atoms with Crippen molar-refractivity contribution in [2.75, 3.05) is 17.7 Å². The van der Waals surface area contributed by atoms with Crippen LogP contribution in [0.1, 0.15) is 12.5 Å². The van der Waals surface area contributed by atoms with Gasteiger partial charge >= 0.3 is 0 Å². The molecule has 1 rings (SSSR count). The molecule has 3 N–H and O–H groups in total. The van der Waals surface area contributed by atoms with Gasteiger partial charge in [0.05, 0.1) is 6.42 Å². The minimum Gasteiger partial charge on any atom is -0.398 e. The van der Waals surface area contributed by atoms with E-state index in [4.69, 9.17) is 5.73 Å². The van der Waals surface area contributed by atoms with Crippen molar-refractivity contribution in [3.05, 3.63) is 29.8 Å². The first-order valence-corrected chi connectivity index (χ1v) is 7.14. The van der Waals surface area contributed by atoms with E-state index in [0.29, 0.717) is 11.4 Å². The summed E-state index contributed by atoms with van der Waals surface area (Å²) in [4.78, 5) is 11.7. The second kappa shape index (κ2) is 6.39. The minimum atomic E-state index is -0.902. The molecule has 0 saturated carbocycles. The lowest BCUT2D eigenvalue weighted by Gasteiger charge is -2.12. The van der Waals surface area contributed by atoms with Gasteiger partial charge in [0, 0.05) is 34.5 Å². The fraction of sp³-hybridized carbons (Fsp3) is 0.417. The van der Waals surface area contributed by atoms with Crippen LogP contribution in [-0.2, 0) is 22.0 Å². The van der Waals surface area contributed by atoms with Gasteiger partial charge in [0.1, 0.15) is 0 Å². The first kappa shape index (κ1) is 13.7. The Hall–Kier alpha value is -1.36. The van der Waals surface area contributed by atoms with E-state index in [9.17, 15) is 9.00 Å². The fourth-order valence-corrected chi connectivity index (χ4v) is 2.38. The van der Waals surface area contributed by atoms with Crippen molar-refractivity contribution in [1.82, 2.24) is 5.32 Å². The third kappa shape index (κ3) is 4.99. The Morgan fingerprint density at radius 2 is 2.12 bits per heavy atom. The average molecular weight is 254 g/mol. The predicted octanol–water partition coefficient (Wildman–Crippen LogP) is 0.694. The molecule has 0 aliphatic heterocycles. The highest BCUT2D eigenvalue weighted by molar-refractivity contribution is 7.84. The zero-order chi connectivity index (χ0) is 12.8. The normalized spacial score (nSPS) is 14.0. The van der Waals surface area contributed by atoms with Crippen molar-refractivity contribution in [1.29, 1.82) is 0 Å². The van der Waals surface area contributed by atoms with Crippen LogP contribution in [0.5, 0.6) is 0 Å². The molecule has 0 aromatic heterocycles. The van der Waals surface area contributed by atoms with Crippen LogP contribution in [0.2, 0.25) is 0 Å². The maximum Gasteiger partial charge on any atom is 0.224 e. The Morgan fingerprint density at radius 3 is 2.71 bits per heavy atom. The summed E-state index contributed by atoms with van der Waals surface area (Å²) in [7, 11) is -0.902. The Kier molecular flexibility index (Phi) is 5.15. The van der Waals surface area contributed by atoms with E-state index in [1.54, 1.807) is 12.3 Å². The predicted molar refractivity (Wildman–Crippen MR) is 71.1 cm³/mol. The minimum absolute atomic E-state index is 0.0849. The quantitative estimate of drug-likeness (QED) is 0.760. The van der Waals surface area contributed by atoms with Gasteiger partial charge in [-0.05, 0) is 18.6 Å². The fourth-order valence-electron chi connectivity index (χ4n) is 1.59. The molecule has 1 aromatic rings. The van der Waals surface area contributed by atoms with Crippen LogP contribution < -0.4 is 11.1 Å². The van der Waals surface area contributed by atoms with E-state index in [0.717, 1.165) is 5.56 Å². The highest BCUT2D eigenvalue weighted by Crippen LogP contribution is 2.10. The van der Waals surface area contributed by atoms with Gasteiger partial charge in [0.15, 0.2) is 0 Å². The number of rotatable bonds is 5. The van der Waals surface area contributed by atoms with Gasteiger partial charge in [-0.3, -0.25) is 9.00 Å². The summed E-state index contributed by atoms with van der Waals surface area (Å²) in [6.45, 7) is 1.84. The molecule has 5 heteroatoms. The number of anilines is 1. The molecule has 17 heavy (non-hydrogen) atoms. The molecule has 1 aromatic carbocycles. The number of amides is 1. The monoisotopic (exact) mass is 254 g/mol. The molecule has 0 bridgehead atoms. The second-order valence-electron chi connectivity index (χ2n) is 4.08. The van der Waals surface area contributed by atoms with Crippen LogP contribution in [0, 0.1) is 0 Å². The van der Waals surface area contributed by atoms with Crippen molar-refractivity contribution in [2.24, 2.45) is 0 Å². The maximum atomic E-state index is 11.7. The molecule has 0 aliphatic carbocycles. The van der Waals surface area contributed by atoms with Gasteiger partial charge in [0.25, 0.3) is 0 Å². The van der Waals surface area contributed by atoms with Crippen LogP contribution >= 0.6 is 0 Å². The molecule has 94 valence electrons. The van der Waals surface area contributed by atoms with Gasteiger partial charge < -0.3 is 11.1 Å². The van der Waals surface area contributed by atoms with Gasteiger partial charge in [-0.15, -0.1) is 0 Å². The standard InChI is InChI=1S/C12H18N2O2S/c1-9(8-17(2)16)14-12(15)7-10-5-3-4-6-11(10)13/h3-6,9H,7-8,13H2,1-2H3,(H,14,15). The Bertz CT molecular complexity index is 421. The zero-order valence-corrected chi connectivity index (χ0v) is 10.9. The van der Waals surface area contributed by atoms with Crippen molar-refractivity contribution >= 4 is 22.4 Å². The van der Waals surface area contributed by atoms with E-state index in [-0.39, 0.29) is 18.4 Å². The van der Waals surface area contributed by atoms with Crippen LogP contribution in [0.15, 0.2) is 24.3 Å². The van der Waals surface area contributed by atoms with Crippen LogP contribution in [-0.4, -0.2) is 28.2 Å². The average Bonchev–Trinajstić information content (AvgIpc) is 2.19. The molecule has 0 aliphatic rings. The second-order valence-corrected chi connectivity index (χ2v) is 5.56. The number of nitrogen functional groups attached to an aromatic ring is 1. The SMILES string of the molecule is CC(CS(C)=O)NC(=O)Cc1ccccc1N. The molecule has 0 radical (unpaired) electrons. The van der Waals surface area contributed by atoms with E-state index in [1.165, 1.54) is 0 Å². The van der Waals surface area contributed by atoms with Gasteiger partial charge in [-0.1, -0.05) is 18.2 Å². The van der Waals surface area contributed by atoms with Gasteiger partial charge in [0.2, 0.25) is 5.91 Å². The van der Waals surface area contributed by atoms with Crippen molar-refractivity contribution < 1.29 is 9.00 Å². The molecule has 2 unspecified atom stereocenters. The Labute approximate surface area is 104 Å².